The maximum absolute atomic E-state index is 13.3. The number of pyridine rings is 1. The van der Waals surface area contributed by atoms with Gasteiger partial charge in [0, 0.05) is 11.8 Å². The zero-order chi connectivity index (χ0) is 22.7. The molecule has 2 aromatic heterocycles. The lowest BCUT2D eigenvalue weighted by atomic mass is 10.1. The molecule has 8 nitrogen and oxygen atoms in total. The first-order valence-corrected chi connectivity index (χ1v) is 9.90. The molecule has 8 heteroatoms. The van der Waals surface area contributed by atoms with E-state index in [1.807, 2.05) is 0 Å². The molecule has 2 heterocycles. The summed E-state index contributed by atoms with van der Waals surface area (Å²) in [7, 11) is 3.11. The van der Waals surface area contributed by atoms with Crippen LogP contribution >= 0.6 is 0 Å². The van der Waals surface area contributed by atoms with Crippen LogP contribution < -0.4 is 20.7 Å². The molecule has 0 bridgehead atoms. The van der Waals surface area contributed by atoms with Crippen molar-refractivity contribution in [3.63, 3.8) is 0 Å². The van der Waals surface area contributed by atoms with Crippen LogP contribution in [0.25, 0.3) is 11.0 Å². The summed E-state index contributed by atoms with van der Waals surface area (Å²) >= 11 is 0. The number of ether oxygens (including phenoxy) is 2. The number of methoxy groups -OCH3 is 2. The largest absolute Gasteiger partial charge is 0.497 e. The minimum absolute atomic E-state index is 0.0465. The topological polar surface area (TPSA) is 92.4 Å². The highest BCUT2D eigenvalue weighted by Gasteiger charge is 2.17. The molecule has 4 aromatic rings. The minimum Gasteiger partial charge on any atom is -0.497 e. The van der Waals surface area contributed by atoms with E-state index in [1.54, 1.807) is 74.9 Å². The fourth-order valence-electron chi connectivity index (χ4n) is 3.46. The van der Waals surface area contributed by atoms with Gasteiger partial charge < -0.3 is 9.47 Å². The maximum atomic E-state index is 13.3. The molecule has 0 spiro atoms. The number of rotatable bonds is 7. The third kappa shape index (κ3) is 4.02. The normalized spacial score (nSPS) is 10.8. The fraction of sp³-hybridized carbons (Fsp3) is 0.167. The molecule has 0 saturated heterocycles. The Bertz CT molecular complexity index is 1390. The number of nitrogens with zero attached hydrogens (tertiary/aromatic N) is 3. The van der Waals surface area contributed by atoms with Crippen molar-refractivity contribution in [3.05, 3.63) is 98.8 Å². The predicted molar refractivity (Wildman–Crippen MR) is 120 cm³/mol. The van der Waals surface area contributed by atoms with E-state index in [0.29, 0.717) is 22.6 Å². The van der Waals surface area contributed by atoms with Gasteiger partial charge >= 0.3 is 5.69 Å². The van der Waals surface area contributed by atoms with Crippen LogP contribution in [0.2, 0.25) is 0 Å². The smallest absolute Gasteiger partial charge is 0.332 e. The third-order valence-electron chi connectivity index (χ3n) is 5.20. The Morgan fingerprint density at radius 2 is 1.50 bits per heavy atom. The van der Waals surface area contributed by atoms with Gasteiger partial charge in [0.15, 0.2) is 11.3 Å². The molecule has 0 unspecified atom stereocenters. The van der Waals surface area contributed by atoms with Crippen LogP contribution in [0, 0.1) is 0 Å². The molecule has 0 amide bonds. The Kier molecular flexibility index (Phi) is 5.85. The van der Waals surface area contributed by atoms with E-state index in [-0.39, 0.29) is 24.4 Å². The fourth-order valence-corrected chi connectivity index (χ4v) is 3.46. The molecule has 162 valence electrons. The monoisotopic (exact) mass is 431 g/mol. The molecule has 0 atom stereocenters. The van der Waals surface area contributed by atoms with Crippen molar-refractivity contribution >= 4 is 16.8 Å². The van der Waals surface area contributed by atoms with Gasteiger partial charge in [-0.05, 0) is 54.1 Å². The molecule has 0 radical (unpaired) electrons. The molecular formula is C24H21N3O5. The summed E-state index contributed by atoms with van der Waals surface area (Å²) in [5.41, 5.74) is 0.539. The van der Waals surface area contributed by atoms with Crippen LogP contribution in [0.4, 0.5) is 0 Å². The van der Waals surface area contributed by atoms with Crippen molar-refractivity contribution in [3.8, 4) is 11.5 Å². The quantitative estimate of drug-likeness (QED) is 0.418. The summed E-state index contributed by atoms with van der Waals surface area (Å²) in [4.78, 5) is 43.4. The van der Waals surface area contributed by atoms with Gasteiger partial charge in [0.1, 0.15) is 11.5 Å². The van der Waals surface area contributed by atoms with Crippen LogP contribution in [-0.2, 0) is 13.1 Å². The Balaban J connectivity index is 1.78. The lowest BCUT2D eigenvalue weighted by Crippen LogP contribution is -2.41. The van der Waals surface area contributed by atoms with Crippen molar-refractivity contribution in [2.75, 3.05) is 14.2 Å². The molecule has 0 aliphatic carbocycles. The number of benzene rings is 2. The number of aromatic nitrogens is 3. The van der Waals surface area contributed by atoms with Gasteiger partial charge in [-0.1, -0.05) is 12.1 Å². The van der Waals surface area contributed by atoms with Gasteiger partial charge in [-0.15, -0.1) is 0 Å². The van der Waals surface area contributed by atoms with Crippen LogP contribution in [0.3, 0.4) is 0 Å². The van der Waals surface area contributed by atoms with Crippen LogP contribution in [0.15, 0.2) is 76.4 Å². The zero-order valence-corrected chi connectivity index (χ0v) is 17.6. The Labute approximate surface area is 183 Å². The van der Waals surface area contributed by atoms with Gasteiger partial charge in [0.25, 0.3) is 5.56 Å². The molecular weight excluding hydrogens is 410 g/mol. The van der Waals surface area contributed by atoms with E-state index in [2.05, 4.69) is 4.98 Å². The SMILES string of the molecule is COc1ccc(Cn2c(=O)c3ncccc3n(CC(=O)c3ccc(OC)cc3)c2=O)cc1. The second-order valence-electron chi connectivity index (χ2n) is 7.13. The van der Waals surface area contributed by atoms with Crippen molar-refractivity contribution in [2.24, 2.45) is 0 Å². The molecule has 0 aliphatic rings. The van der Waals surface area contributed by atoms with E-state index in [9.17, 15) is 14.4 Å². The van der Waals surface area contributed by atoms with Crippen LogP contribution in [0.5, 0.6) is 11.5 Å². The van der Waals surface area contributed by atoms with Gasteiger partial charge in [0.05, 0.1) is 32.8 Å². The molecule has 0 fully saturated rings. The zero-order valence-electron chi connectivity index (χ0n) is 17.6. The molecule has 0 aliphatic heterocycles. The summed E-state index contributed by atoms with van der Waals surface area (Å²) < 4.78 is 12.7. The average molecular weight is 431 g/mol. The van der Waals surface area contributed by atoms with E-state index >= 15 is 0 Å². The van der Waals surface area contributed by atoms with E-state index in [1.165, 1.54) is 10.8 Å². The lowest BCUT2D eigenvalue weighted by molar-refractivity contribution is 0.0971. The number of hydrogen-bond acceptors (Lipinski definition) is 6. The molecule has 4 rings (SSSR count). The van der Waals surface area contributed by atoms with Gasteiger partial charge in [-0.25, -0.2) is 9.78 Å². The summed E-state index contributed by atoms with van der Waals surface area (Å²) in [6.07, 6.45) is 1.49. The number of Topliss-reactive ketones (excluding diaryl/α,β-unsaturated/α-hetero) is 1. The number of carbonyl (C=O) groups excluding carboxylic acids is 1. The number of fused-ring (bicyclic) bond motifs is 1. The minimum atomic E-state index is -0.576. The summed E-state index contributed by atoms with van der Waals surface area (Å²) in [5, 5.41) is 0. The predicted octanol–water partition coefficient (Wildman–Crippen LogP) is 2.51. The van der Waals surface area contributed by atoms with Crippen LogP contribution in [-0.4, -0.2) is 34.1 Å². The Morgan fingerprint density at radius 1 is 0.875 bits per heavy atom. The van der Waals surface area contributed by atoms with Crippen molar-refractivity contribution in [1.29, 1.82) is 0 Å². The first-order valence-electron chi connectivity index (χ1n) is 9.90. The third-order valence-corrected chi connectivity index (χ3v) is 5.20. The van der Waals surface area contributed by atoms with E-state index in [4.69, 9.17) is 9.47 Å². The lowest BCUT2D eigenvalue weighted by Gasteiger charge is -2.13. The maximum Gasteiger partial charge on any atom is 0.332 e. The second kappa shape index (κ2) is 8.89. The van der Waals surface area contributed by atoms with Gasteiger partial charge in [0.2, 0.25) is 0 Å². The highest BCUT2D eigenvalue weighted by Crippen LogP contribution is 2.14. The first kappa shape index (κ1) is 21.0. The average Bonchev–Trinajstić information content (AvgIpc) is 2.84. The summed E-state index contributed by atoms with van der Waals surface area (Å²) in [5.74, 6) is 1.03. The summed E-state index contributed by atoms with van der Waals surface area (Å²) in [6.45, 7) is -0.179. The molecule has 0 N–H and O–H groups in total. The van der Waals surface area contributed by atoms with Crippen molar-refractivity contribution in [1.82, 2.24) is 14.1 Å². The van der Waals surface area contributed by atoms with E-state index in [0.717, 1.165) is 10.1 Å². The number of carbonyl (C=O) groups is 1. The molecule has 32 heavy (non-hydrogen) atoms. The van der Waals surface area contributed by atoms with Gasteiger partial charge in [-0.3, -0.25) is 18.7 Å². The highest BCUT2D eigenvalue weighted by molar-refractivity contribution is 5.96. The Hall–Kier alpha value is -4.20. The van der Waals surface area contributed by atoms with Crippen molar-refractivity contribution in [2.45, 2.75) is 13.1 Å². The van der Waals surface area contributed by atoms with Gasteiger partial charge in [-0.2, -0.15) is 0 Å². The second-order valence-corrected chi connectivity index (χ2v) is 7.13. The molecule has 0 saturated carbocycles. The molecule has 2 aromatic carbocycles. The van der Waals surface area contributed by atoms with Crippen LogP contribution in [0.1, 0.15) is 15.9 Å². The first-order chi connectivity index (χ1) is 15.5. The van der Waals surface area contributed by atoms with Crippen molar-refractivity contribution < 1.29 is 14.3 Å². The number of ketones is 1. The summed E-state index contributed by atoms with van der Waals surface area (Å²) in [6, 6.07) is 16.9. The Morgan fingerprint density at radius 3 is 2.12 bits per heavy atom. The highest BCUT2D eigenvalue weighted by atomic mass is 16.5. The standard InChI is InChI=1S/C24H21N3O5/c1-31-18-9-5-16(6-10-18)14-27-23(29)22-20(4-3-13-25-22)26(24(27)30)15-21(28)17-7-11-19(32-2)12-8-17/h3-13H,14-15H2,1-2H3. The van der Waals surface area contributed by atoms with E-state index < -0.39 is 11.2 Å². The number of hydrogen-bond donors (Lipinski definition) is 0.